The second-order valence-electron chi connectivity index (χ2n) is 6.25. The van der Waals surface area contributed by atoms with Crippen molar-refractivity contribution in [1.29, 1.82) is 0 Å². The number of rotatable bonds is 4. The van der Waals surface area contributed by atoms with Crippen molar-refractivity contribution in [3.05, 3.63) is 35.5 Å². The van der Waals surface area contributed by atoms with Gasteiger partial charge in [0.15, 0.2) is 0 Å². The second kappa shape index (κ2) is 7.80. The highest BCUT2D eigenvalue weighted by atomic mass is 35.5. The number of benzene rings is 1. The first kappa shape index (κ1) is 17.0. The Bertz CT molecular complexity index is 628. The third-order valence-corrected chi connectivity index (χ3v) is 4.22. The van der Waals surface area contributed by atoms with Crippen LogP contribution < -0.4 is 22.0 Å². The van der Waals surface area contributed by atoms with Gasteiger partial charge >= 0.3 is 0 Å². The highest BCUT2D eigenvalue weighted by Crippen LogP contribution is 2.34. The van der Waals surface area contributed by atoms with Crippen LogP contribution in [0.4, 0.5) is 0 Å². The van der Waals surface area contributed by atoms with E-state index in [0.717, 1.165) is 37.3 Å². The minimum Gasteiger partial charge on any atom is -1.00 e. The van der Waals surface area contributed by atoms with Crippen LogP contribution in [0.1, 0.15) is 30.5 Å². The molecule has 0 atom stereocenters. The van der Waals surface area contributed by atoms with Crippen LogP contribution in [0.2, 0.25) is 0 Å². The summed E-state index contributed by atoms with van der Waals surface area (Å²) in [6.45, 7) is 1.79. The number of aryl methyl sites for hydroxylation is 1. The van der Waals surface area contributed by atoms with Crippen molar-refractivity contribution < 1.29 is 22.0 Å². The largest absolute Gasteiger partial charge is 1.00 e. The molecule has 22 heavy (non-hydrogen) atoms. The van der Waals surface area contributed by atoms with E-state index in [1.807, 2.05) is 0 Å². The number of para-hydroxylation sites is 1. The van der Waals surface area contributed by atoms with E-state index in [1.165, 1.54) is 40.8 Å². The van der Waals surface area contributed by atoms with Gasteiger partial charge in [-0.15, -0.1) is 0 Å². The third kappa shape index (κ3) is 3.71. The molecule has 0 amide bonds. The van der Waals surface area contributed by atoms with Crippen LogP contribution in [0.25, 0.3) is 10.9 Å². The molecule has 3 rings (SSSR count). The zero-order valence-corrected chi connectivity index (χ0v) is 14.2. The van der Waals surface area contributed by atoms with Gasteiger partial charge in [-0.2, -0.15) is 0 Å². The first-order valence-electron chi connectivity index (χ1n) is 8.08. The van der Waals surface area contributed by atoms with Crippen molar-refractivity contribution in [2.75, 3.05) is 27.2 Å². The molecule has 1 heterocycles. The number of hydrogen-bond acceptors (Lipinski definition) is 2. The van der Waals surface area contributed by atoms with Gasteiger partial charge in [0.2, 0.25) is 0 Å². The van der Waals surface area contributed by atoms with E-state index >= 15 is 0 Å². The fourth-order valence-electron chi connectivity index (χ4n) is 3.03. The lowest BCUT2D eigenvalue weighted by Crippen LogP contribution is -3.06. The molecule has 0 spiro atoms. The van der Waals surface area contributed by atoms with Gasteiger partial charge < -0.3 is 22.0 Å². The summed E-state index contributed by atoms with van der Waals surface area (Å²) in [4.78, 5) is 6.31. The molecule has 1 aromatic heterocycles. The predicted molar refractivity (Wildman–Crippen MR) is 86.2 cm³/mol. The summed E-state index contributed by atoms with van der Waals surface area (Å²) in [5, 5.41) is 1.17. The Hall–Kier alpha value is -1.32. The molecule has 2 aromatic rings. The number of halogens is 1. The molecule has 1 aliphatic rings. The summed E-state index contributed by atoms with van der Waals surface area (Å²) in [5.74, 6) is 1.10. The maximum atomic E-state index is 6.22. The fraction of sp³-hybridized carbons (Fsp3) is 0.500. The average Bonchev–Trinajstić information content (AvgIpc) is 2.71. The van der Waals surface area contributed by atoms with E-state index in [-0.39, 0.29) is 12.4 Å². The molecule has 0 saturated heterocycles. The molecule has 0 bridgehead atoms. The molecule has 0 unspecified atom stereocenters. The van der Waals surface area contributed by atoms with E-state index in [9.17, 15) is 0 Å². The molecule has 0 radical (unpaired) electrons. The Morgan fingerprint density at radius 3 is 2.68 bits per heavy atom. The van der Waals surface area contributed by atoms with Crippen molar-refractivity contribution in [2.24, 2.45) is 0 Å². The zero-order valence-electron chi connectivity index (χ0n) is 13.5. The van der Waals surface area contributed by atoms with Crippen molar-refractivity contribution in [2.45, 2.75) is 32.1 Å². The summed E-state index contributed by atoms with van der Waals surface area (Å²) in [7, 11) is 4.32. The molecule has 1 aliphatic carbocycles. The van der Waals surface area contributed by atoms with Crippen LogP contribution in [-0.4, -0.2) is 32.2 Å². The van der Waals surface area contributed by atoms with E-state index in [1.54, 1.807) is 0 Å². The number of nitrogens with zero attached hydrogens (tertiary/aromatic N) is 1. The zero-order chi connectivity index (χ0) is 14.7. The van der Waals surface area contributed by atoms with Crippen molar-refractivity contribution in [1.82, 2.24) is 4.98 Å². The van der Waals surface area contributed by atoms with Gasteiger partial charge in [-0.05, 0) is 37.8 Å². The van der Waals surface area contributed by atoms with E-state index in [0.29, 0.717) is 0 Å². The maximum Gasteiger partial charge on any atom is 0.137 e. The number of nitrogens with one attached hydrogen (secondary N) is 1. The lowest BCUT2D eigenvalue weighted by atomic mass is 10.0. The monoisotopic (exact) mass is 320 g/mol. The molecule has 1 aromatic carbocycles. The number of likely N-dealkylation sites (N-methyl/N-ethyl adjacent to an activating group) is 1. The molecule has 3 nitrogen and oxygen atoms in total. The van der Waals surface area contributed by atoms with Crippen LogP contribution >= 0.6 is 0 Å². The standard InChI is InChI=1S/C18H24N2O.ClH/c1-20(2)12-13-21-18-14-8-4-3-5-10-16(14)19-17-11-7-6-9-15(17)18;/h6-7,9,11H,3-5,8,10,12-13H2,1-2H3;1H. The number of aromatic nitrogens is 1. The molecule has 120 valence electrons. The third-order valence-electron chi connectivity index (χ3n) is 4.22. The van der Waals surface area contributed by atoms with Gasteiger partial charge in [-0.1, -0.05) is 18.6 Å². The normalized spacial score (nSPS) is 14.3. The number of pyridine rings is 1. The molecular weight excluding hydrogens is 296 g/mol. The van der Waals surface area contributed by atoms with Gasteiger partial charge in [0.1, 0.15) is 18.9 Å². The van der Waals surface area contributed by atoms with Crippen LogP contribution in [0.5, 0.6) is 5.75 Å². The molecule has 4 heteroatoms. The highest BCUT2D eigenvalue weighted by molar-refractivity contribution is 5.86. The minimum atomic E-state index is 0. The van der Waals surface area contributed by atoms with Gasteiger partial charge in [0.05, 0.1) is 19.6 Å². The van der Waals surface area contributed by atoms with E-state index in [2.05, 4.69) is 38.4 Å². The van der Waals surface area contributed by atoms with Gasteiger partial charge in [0.25, 0.3) is 0 Å². The number of quaternary nitrogens is 1. The number of fused-ring (bicyclic) bond motifs is 2. The predicted octanol–water partition coefficient (Wildman–Crippen LogP) is -0.969. The van der Waals surface area contributed by atoms with Crippen molar-refractivity contribution >= 4 is 10.9 Å². The van der Waals surface area contributed by atoms with Crippen LogP contribution in [0, 0.1) is 0 Å². The maximum absolute atomic E-state index is 6.22. The van der Waals surface area contributed by atoms with Crippen LogP contribution in [-0.2, 0) is 12.8 Å². The summed E-state index contributed by atoms with van der Waals surface area (Å²) >= 11 is 0. The van der Waals surface area contributed by atoms with Gasteiger partial charge in [-0.25, -0.2) is 0 Å². The average molecular weight is 321 g/mol. The summed E-state index contributed by atoms with van der Waals surface area (Å²) < 4.78 is 6.22. The lowest BCUT2D eigenvalue weighted by Gasteiger charge is -2.17. The molecule has 0 aliphatic heterocycles. The van der Waals surface area contributed by atoms with E-state index in [4.69, 9.17) is 9.72 Å². The molecule has 0 fully saturated rings. The highest BCUT2D eigenvalue weighted by Gasteiger charge is 2.18. The Balaban J connectivity index is 0.00000176. The SMILES string of the molecule is C[NH+](C)CCOc1c2c(nc3ccccc13)CCCCC2.[Cl-]. The van der Waals surface area contributed by atoms with Crippen molar-refractivity contribution in [3.63, 3.8) is 0 Å². The van der Waals surface area contributed by atoms with Crippen LogP contribution in [0.15, 0.2) is 24.3 Å². The molecular formula is C18H25ClN2O. The second-order valence-corrected chi connectivity index (χ2v) is 6.25. The topological polar surface area (TPSA) is 26.6 Å². The quantitative estimate of drug-likeness (QED) is 0.734. The first-order valence-corrected chi connectivity index (χ1v) is 8.08. The fourth-order valence-corrected chi connectivity index (χ4v) is 3.03. The van der Waals surface area contributed by atoms with Crippen molar-refractivity contribution in [3.8, 4) is 5.75 Å². The Morgan fingerprint density at radius 2 is 1.86 bits per heavy atom. The Morgan fingerprint density at radius 1 is 1.09 bits per heavy atom. The Kier molecular flexibility index (Phi) is 6.04. The Labute approximate surface area is 139 Å². The summed E-state index contributed by atoms with van der Waals surface area (Å²) in [6, 6.07) is 8.39. The first-order chi connectivity index (χ1) is 10.3. The van der Waals surface area contributed by atoms with E-state index < -0.39 is 0 Å². The minimum absolute atomic E-state index is 0. The number of hydrogen-bond donors (Lipinski definition) is 1. The smallest absolute Gasteiger partial charge is 0.137 e. The van der Waals surface area contributed by atoms with Gasteiger partial charge in [0, 0.05) is 16.6 Å². The van der Waals surface area contributed by atoms with Crippen LogP contribution in [0.3, 0.4) is 0 Å². The summed E-state index contributed by atoms with van der Waals surface area (Å²) in [6.07, 6.45) is 6.00. The molecule has 0 saturated carbocycles. The summed E-state index contributed by atoms with van der Waals surface area (Å²) in [5.41, 5.74) is 3.70. The van der Waals surface area contributed by atoms with Gasteiger partial charge in [-0.3, -0.25) is 4.98 Å². The molecule has 1 N–H and O–H groups in total. The number of ether oxygens (including phenoxy) is 1. The lowest BCUT2D eigenvalue weighted by molar-refractivity contribution is -0.858.